The van der Waals surface area contributed by atoms with E-state index in [-0.39, 0.29) is 0 Å². The first kappa shape index (κ1) is 27.9. The molecule has 8 aromatic carbocycles. The first-order valence-electron chi connectivity index (χ1n) is 16.6. The van der Waals surface area contributed by atoms with Gasteiger partial charge >= 0.3 is 0 Å². The van der Waals surface area contributed by atoms with E-state index in [4.69, 9.17) is 9.97 Å². The Labute approximate surface area is 287 Å². The summed E-state index contributed by atoms with van der Waals surface area (Å²) >= 11 is 1.83. The van der Waals surface area contributed by atoms with Gasteiger partial charge in [-0.05, 0) is 61.6 Å². The molecule has 2 heterocycles. The van der Waals surface area contributed by atoms with Crippen LogP contribution in [0.2, 0.25) is 0 Å². The average Bonchev–Trinajstić information content (AvgIpc) is 3.56. The molecule has 0 saturated heterocycles. The van der Waals surface area contributed by atoms with Gasteiger partial charge in [0, 0.05) is 36.9 Å². The van der Waals surface area contributed by atoms with Crippen molar-refractivity contribution in [1.82, 2.24) is 9.97 Å². The second kappa shape index (κ2) is 11.2. The summed E-state index contributed by atoms with van der Waals surface area (Å²) in [6.07, 6.45) is 0. The molecule has 0 atom stereocenters. The van der Waals surface area contributed by atoms with Gasteiger partial charge in [0.25, 0.3) is 0 Å². The predicted molar refractivity (Wildman–Crippen MR) is 209 cm³/mol. The molecule has 10 aromatic rings. The van der Waals surface area contributed by atoms with Gasteiger partial charge in [-0.15, -0.1) is 11.3 Å². The van der Waals surface area contributed by atoms with E-state index in [1.165, 1.54) is 63.6 Å². The van der Waals surface area contributed by atoms with Crippen LogP contribution in [0.25, 0.3) is 97.5 Å². The van der Waals surface area contributed by atoms with Gasteiger partial charge in [-0.25, -0.2) is 9.97 Å². The van der Waals surface area contributed by atoms with E-state index in [0.29, 0.717) is 0 Å². The van der Waals surface area contributed by atoms with E-state index in [9.17, 15) is 0 Å². The number of thiophene rings is 1. The second-order valence-electron chi connectivity index (χ2n) is 12.5. The number of hydrogen-bond donors (Lipinski definition) is 0. The topological polar surface area (TPSA) is 25.8 Å². The Hall–Kier alpha value is -6.16. The van der Waals surface area contributed by atoms with E-state index in [0.717, 1.165) is 33.9 Å². The summed E-state index contributed by atoms with van der Waals surface area (Å²) in [7, 11) is 0. The third kappa shape index (κ3) is 4.62. The zero-order chi connectivity index (χ0) is 32.3. The fourth-order valence-corrected chi connectivity index (χ4v) is 8.56. The van der Waals surface area contributed by atoms with Crippen LogP contribution in [-0.2, 0) is 0 Å². The molecule has 0 radical (unpaired) electrons. The highest BCUT2D eigenvalue weighted by molar-refractivity contribution is 7.26. The van der Waals surface area contributed by atoms with E-state index < -0.39 is 0 Å². The van der Waals surface area contributed by atoms with E-state index in [1.807, 2.05) is 29.5 Å². The van der Waals surface area contributed by atoms with Crippen LogP contribution >= 0.6 is 11.3 Å². The lowest BCUT2D eigenvalue weighted by atomic mass is 9.89. The van der Waals surface area contributed by atoms with Crippen molar-refractivity contribution in [2.75, 3.05) is 0 Å². The minimum atomic E-state index is 0.724. The molecular formula is C46H28N2S. The third-order valence-electron chi connectivity index (χ3n) is 9.68. The average molecular weight is 641 g/mol. The number of nitrogens with zero attached hydrogens (tertiary/aromatic N) is 2. The molecule has 0 aliphatic carbocycles. The summed E-state index contributed by atoms with van der Waals surface area (Å²) in [6, 6.07) is 60.8. The van der Waals surface area contributed by atoms with Crippen LogP contribution in [-0.4, -0.2) is 9.97 Å². The highest BCUT2D eigenvalue weighted by atomic mass is 32.1. The van der Waals surface area contributed by atoms with Crippen molar-refractivity contribution < 1.29 is 0 Å². The quantitative estimate of drug-likeness (QED) is 0.141. The Bertz CT molecular complexity index is 2870. The highest BCUT2D eigenvalue weighted by Crippen LogP contribution is 2.42. The normalized spacial score (nSPS) is 11.7. The van der Waals surface area contributed by atoms with Crippen molar-refractivity contribution in [2.24, 2.45) is 0 Å². The van der Waals surface area contributed by atoms with Crippen molar-refractivity contribution in [3.8, 4) is 45.0 Å². The summed E-state index contributed by atoms with van der Waals surface area (Å²) in [5.74, 6) is 0.724. The summed E-state index contributed by atoms with van der Waals surface area (Å²) in [4.78, 5) is 10.3. The molecule has 2 nitrogen and oxygen atoms in total. The molecule has 0 N–H and O–H groups in total. The van der Waals surface area contributed by atoms with Crippen LogP contribution < -0.4 is 0 Å². The number of rotatable bonds is 4. The molecule has 2 aromatic heterocycles. The van der Waals surface area contributed by atoms with Gasteiger partial charge in [-0.3, -0.25) is 0 Å². The Morgan fingerprint density at radius 2 is 1.04 bits per heavy atom. The number of fused-ring (bicyclic) bond motifs is 7. The van der Waals surface area contributed by atoms with Gasteiger partial charge in [-0.2, -0.15) is 0 Å². The van der Waals surface area contributed by atoms with Crippen LogP contribution in [0.3, 0.4) is 0 Å². The Balaban J connectivity index is 1.16. The smallest absolute Gasteiger partial charge is 0.160 e. The number of benzene rings is 8. The van der Waals surface area contributed by atoms with Crippen LogP contribution in [0.15, 0.2) is 170 Å². The molecule has 0 fully saturated rings. The van der Waals surface area contributed by atoms with Crippen molar-refractivity contribution in [2.45, 2.75) is 0 Å². The monoisotopic (exact) mass is 640 g/mol. The first-order chi connectivity index (χ1) is 24.3. The lowest BCUT2D eigenvalue weighted by Crippen LogP contribution is -1.96. The minimum Gasteiger partial charge on any atom is -0.228 e. The molecule has 49 heavy (non-hydrogen) atoms. The summed E-state index contributed by atoms with van der Waals surface area (Å²) < 4.78 is 2.53. The van der Waals surface area contributed by atoms with Crippen LogP contribution in [0.4, 0.5) is 0 Å². The van der Waals surface area contributed by atoms with E-state index >= 15 is 0 Å². The molecule has 10 rings (SSSR count). The number of aromatic nitrogens is 2. The van der Waals surface area contributed by atoms with Crippen molar-refractivity contribution in [1.29, 1.82) is 0 Å². The SMILES string of the molecule is c1ccc(-c2nc(-c3ccc(-c4c5ccccc5cc5c4ccc4ccccc45)cc3)cc(-c3cccc4c3sc3ccccc34)n2)cc1. The maximum absolute atomic E-state index is 5.17. The molecule has 0 bridgehead atoms. The van der Waals surface area contributed by atoms with Gasteiger partial charge in [0.15, 0.2) is 5.82 Å². The van der Waals surface area contributed by atoms with Crippen LogP contribution in [0, 0.1) is 0 Å². The van der Waals surface area contributed by atoms with Crippen molar-refractivity contribution in [3.63, 3.8) is 0 Å². The Morgan fingerprint density at radius 3 is 1.90 bits per heavy atom. The third-order valence-corrected chi connectivity index (χ3v) is 10.9. The summed E-state index contributed by atoms with van der Waals surface area (Å²) in [5.41, 5.74) is 7.47. The molecule has 0 spiro atoms. The summed E-state index contributed by atoms with van der Waals surface area (Å²) in [6.45, 7) is 0. The van der Waals surface area contributed by atoms with Gasteiger partial charge in [0.2, 0.25) is 0 Å². The Morgan fingerprint density at radius 1 is 0.367 bits per heavy atom. The minimum absolute atomic E-state index is 0.724. The molecule has 0 unspecified atom stereocenters. The zero-order valence-electron chi connectivity index (χ0n) is 26.5. The van der Waals surface area contributed by atoms with Gasteiger partial charge in [0.1, 0.15) is 0 Å². The van der Waals surface area contributed by atoms with E-state index in [1.54, 1.807) is 0 Å². The van der Waals surface area contributed by atoms with Gasteiger partial charge in [-0.1, -0.05) is 152 Å². The molecule has 228 valence electrons. The predicted octanol–water partition coefficient (Wildman–Crippen LogP) is 13.0. The lowest BCUT2D eigenvalue weighted by Gasteiger charge is -2.15. The molecule has 0 aliphatic heterocycles. The lowest BCUT2D eigenvalue weighted by molar-refractivity contribution is 1.19. The molecular weight excluding hydrogens is 613 g/mol. The maximum atomic E-state index is 5.17. The van der Waals surface area contributed by atoms with Gasteiger partial charge in [0.05, 0.1) is 11.4 Å². The second-order valence-corrected chi connectivity index (χ2v) is 13.6. The van der Waals surface area contributed by atoms with Crippen molar-refractivity contribution in [3.05, 3.63) is 170 Å². The molecule has 0 aliphatic rings. The molecule has 0 saturated carbocycles. The fourth-order valence-electron chi connectivity index (χ4n) is 7.34. The van der Waals surface area contributed by atoms with E-state index in [2.05, 4.69) is 152 Å². The fraction of sp³-hybridized carbons (Fsp3) is 0. The first-order valence-corrected chi connectivity index (χ1v) is 17.4. The van der Waals surface area contributed by atoms with Crippen LogP contribution in [0.5, 0.6) is 0 Å². The maximum Gasteiger partial charge on any atom is 0.160 e. The zero-order valence-corrected chi connectivity index (χ0v) is 27.3. The van der Waals surface area contributed by atoms with Crippen molar-refractivity contribution >= 4 is 63.8 Å². The molecule has 0 amide bonds. The van der Waals surface area contributed by atoms with Gasteiger partial charge < -0.3 is 0 Å². The Kier molecular flexibility index (Phi) is 6.39. The highest BCUT2D eigenvalue weighted by Gasteiger charge is 2.16. The molecule has 3 heteroatoms. The van der Waals surface area contributed by atoms with Crippen LogP contribution in [0.1, 0.15) is 0 Å². The summed E-state index contributed by atoms with van der Waals surface area (Å²) in [5, 5.41) is 10.1. The standard InChI is InChI=1S/C46H28N2S/c1-2-12-32(13-3-1)46-47-41(28-42(48-46)39-19-10-18-38-36-17-8-9-20-43(36)49-45(38)39)30-21-23-31(24-22-30)44-35-16-7-5-14-33(35)27-40-34-15-6-4-11-29(34)25-26-37(40)44/h1-28H. The largest absolute Gasteiger partial charge is 0.228 e. The number of hydrogen-bond acceptors (Lipinski definition) is 3.